The van der Waals surface area contributed by atoms with Gasteiger partial charge in [0.25, 0.3) is 0 Å². The second-order valence-electron chi connectivity index (χ2n) is 15.6. The summed E-state index contributed by atoms with van der Waals surface area (Å²) < 4.78 is 5.86. The first-order valence-electron chi connectivity index (χ1n) is 15.3. The van der Waals surface area contributed by atoms with Gasteiger partial charge in [0.1, 0.15) is 12.4 Å². The van der Waals surface area contributed by atoms with Crippen molar-refractivity contribution in [1.29, 1.82) is 0 Å². The van der Waals surface area contributed by atoms with Gasteiger partial charge < -0.3 is 20.3 Å². The maximum atomic E-state index is 5.86. The Kier molecular flexibility index (Phi) is 10.7. The minimum absolute atomic E-state index is 0.0823. The Balaban J connectivity index is 1.42. The van der Waals surface area contributed by atoms with Crippen molar-refractivity contribution in [3.63, 3.8) is 0 Å². The lowest BCUT2D eigenvalue weighted by atomic mass is 9.79. The third kappa shape index (κ3) is 11.7. The molecule has 6 nitrogen and oxygen atoms in total. The quantitative estimate of drug-likeness (QED) is 0.266. The van der Waals surface area contributed by atoms with Crippen molar-refractivity contribution in [1.82, 2.24) is 20.6 Å². The maximum absolute atomic E-state index is 5.86. The molecule has 0 unspecified atom stereocenters. The highest BCUT2D eigenvalue weighted by Gasteiger charge is 2.30. The molecule has 0 bridgehead atoms. The lowest BCUT2D eigenvalue weighted by Crippen LogP contribution is -2.47. The summed E-state index contributed by atoms with van der Waals surface area (Å²) in [6, 6.07) is 9.13. The van der Waals surface area contributed by atoms with Gasteiger partial charge in [-0.1, -0.05) is 34.6 Å². The van der Waals surface area contributed by atoms with E-state index in [1.165, 1.54) is 17.8 Å². The molecule has 0 spiro atoms. The number of nitrogens with zero attached hydrogens (tertiary/aromatic N) is 3. The van der Waals surface area contributed by atoms with Gasteiger partial charge in [-0.25, -0.2) is 0 Å². The van der Waals surface area contributed by atoms with Crippen molar-refractivity contribution in [2.45, 2.75) is 118 Å². The predicted molar refractivity (Wildman–Crippen MR) is 169 cm³/mol. The van der Waals surface area contributed by atoms with E-state index in [0.29, 0.717) is 12.6 Å². The third-order valence-electron chi connectivity index (χ3n) is 7.58. The molecule has 1 fully saturated rings. The smallest absolute Gasteiger partial charge is 0.137 e. The summed E-state index contributed by atoms with van der Waals surface area (Å²) in [5, 5.41) is 7.42. The lowest BCUT2D eigenvalue weighted by molar-refractivity contribution is 0.244. The van der Waals surface area contributed by atoms with Gasteiger partial charge in [-0.05, 0) is 102 Å². The SMILES string of the molecule is CC(C)(C)Cc1ccc(N2CC[C@@H](NC(C)(C)CCC(C)(C)Cc3ccc(OCCNC(C)(C)C)cn3)C2)cn1. The van der Waals surface area contributed by atoms with E-state index in [4.69, 9.17) is 14.7 Å². The Morgan fingerprint density at radius 2 is 1.52 bits per heavy atom. The summed E-state index contributed by atoms with van der Waals surface area (Å²) in [5.41, 5.74) is 4.17. The highest BCUT2D eigenvalue weighted by atomic mass is 16.5. The molecule has 224 valence electrons. The van der Waals surface area contributed by atoms with Crippen molar-refractivity contribution in [2.24, 2.45) is 10.8 Å². The fourth-order valence-corrected chi connectivity index (χ4v) is 5.41. The molecular formula is C34H57N5O. The van der Waals surface area contributed by atoms with Crippen molar-refractivity contribution < 1.29 is 4.74 Å². The van der Waals surface area contributed by atoms with Gasteiger partial charge in [0.2, 0.25) is 0 Å². The molecule has 1 aliphatic rings. The number of rotatable bonds is 13. The molecule has 0 amide bonds. The lowest BCUT2D eigenvalue weighted by Gasteiger charge is -2.34. The Hall–Kier alpha value is -2.18. The monoisotopic (exact) mass is 551 g/mol. The molecule has 0 aromatic carbocycles. The number of pyridine rings is 2. The first-order valence-corrected chi connectivity index (χ1v) is 15.3. The van der Waals surface area contributed by atoms with Crippen LogP contribution in [0, 0.1) is 10.8 Å². The Labute approximate surface area is 245 Å². The zero-order valence-corrected chi connectivity index (χ0v) is 27.2. The van der Waals surface area contributed by atoms with E-state index >= 15 is 0 Å². The van der Waals surface area contributed by atoms with Crippen LogP contribution in [0.25, 0.3) is 0 Å². The summed E-state index contributed by atoms with van der Waals surface area (Å²) >= 11 is 0. The minimum Gasteiger partial charge on any atom is -0.491 e. The van der Waals surface area contributed by atoms with Gasteiger partial charge in [0, 0.05) is 48.1 Å². The Morgan fingerprint density at radius 1 is 0.850 bits per heavy atom. The topological polar surface area (TPSA) is 62.3 Å². The van der Waals surface area contributed by atoms with E-state index in [1.807, 2.05) is 6.20 Å². The molecule has 2 aromatic heterocycles. The molecule has 0 aliphatic carbocycles. The zero-order chi connectivity index (χ0) is 29.6. The normalized spacial score (nSPS) is 16.9. The maximum Gasteiger partial charge on any atom is 0.137 e. The molecule has 1 saturated heterocycles. The molecule has 2 N–H and O–H groups in total. The van der Waals surface area contributed by atoms with E-state index in [-0.39, 0.29) is 21.9 Å². The standard InChI is InChI=1S/C34H57N5O/c1-31(2,3)21-26-11-13-29(23-35-26)39-19-15-28(25-39)38-34(9,10)17-16-33(7,8)22-27-12-14-30(24-36-27)40-20-18-37-32(4,5)6/h11-14,23-24,28,37-38H,15-22,25H2,1-10H3/t28-/m1/s1. The molecule has 40 heavy (non-hydrogen) atoms. The van der Waals surface area contributed by atoms with Crippen LogP contribution in [0.3, 0.4) is 0 Å². The van der Waals surface area contributed by atoms with E-state index in [2.05, 4.69) is 115 Å². The summed E-state index contributed by atoms with van der Waals surface area (Å²) in [6.45, 7) is 26.3. The van der Waals surface area contributed by atoms with Gasteiger partial charge in [-0.15, -0.1) is 0 Å². The van der Waals surface area contributed by atoms with Gasteiger partial charge in [0.15, 0.2) is 0 Å². The van der Waals surface area contributed by atoms with Gasteiger partial charge >= 0.3 is 0 Å². The number of ether oxygens (including phenoxy) is 1. The molecule has 1 atom stereocenters. The summed E-state index contributed by atoms with van der Waals surface area (Å²) in [6.07, 6.45) is 9.34. The average Bonchev–Trinajstić information content (AvgIpc) is 3.28. The van der Waals surface area contributed by atoms with Crippen LogP contribution in [0.5, 0.6) is 5.75 Å². The highest BCUT2D eigenvalue weighted by Crippen LogP contribution is 2.31. The minimum atomic E-state index is 0.0823. The van der Waals surface area contributed by atoms with Crippen molar-refractivity contribution in [3.8, 4) is 5.75 Å². The van der Waals surface area contributed by atoms with Crippen LogP contribution in [-0.4, -0.2) is 53.3 Å². The summed E-state index contributed by atoms with van der Waals surface area (Å²) in [4.78, 5) is 11.9. The zero-order valence-electron chi connectivity index (χ0n) is 27.2. The fourth-order valence-electron chi connectivity index (χ4n) is 5.41. The molecule has 0 radical (unpaired) electrons. The number of anilines is 1. The molecule has 0 saturated carbocycles. The molecule has 3 heterocycles. The summed E-state index contributed by atoms with van der Waals surface area (Å²) in [7, 11) is 0. The molecular weight excluding hydrogens is 494 g/mol. The van der Waals surface area contributed by atoms with Crippen LogP contribution in [0.15, 0.2) is 36.7 Å². The first-order chi connectivity index (χ1) is 18.5. The van der Waals surface area contributed by atoms with E-state index in [1.54, 1.807) is 0 Å². The van der Waals surface area contributed by atoms with Crippen LogP contribution >= 0.6 is 0 Å². The second kappa shape index (κ2) is 13.2. The molecule has 1 aliphatic heterocycles. The van der Waals surface area contributed by atoms with E-state index in [9.17, 15) is 0 Å². The Morgan fingerprint density at radius 3 is 2.12 bits per heavy atom. The highest BCUT2D eigenvalue weighted by molar-refractivity contribution is 5.46. The number of aromatic nitrogens is 2. The van der Waals surface area contributed by atoms with Crippen molar-refractivity contribution in [2.75, 3.05) is 31.1 Å². The van der Waals surface area contributed by atoms with Crippen LogP contribution < -0.4 is 20.3 Å². The van der Waals surface area contributed by atoms with Crippen LogP contribution in [0.2, 0.25) is 0 Å². The molecule has 6 heteroatoms. The third-order valence-corrected chi connectivity index (χ3v) is 7.58. The molecule has 3 rings (SSSR count). The van der Waals surface area contributed by atoms with Gasteiger partial charge in [-0.3, -0.25) is 9.97 Å². The van der Waals surface area contributed by atoms with Crippen LogP contribution in [0.4, 0.5) is 5.69 Å². The van der Waals surface area contributed by atoms with Crippen LogP contribution in [-0.2, 0) is 12.8 Å². The second-order valence-corrected chi connectivity index (χ2v) is 15.6. The molecule has 2 aromatic rings. The Bertz CT molecular complexity index is 1030. The largest absolute Gasteiger partial charge is 0.491 e. The van der Waals surface area contributed by atoms with Gasteiger partial charge in [-0.2, -0.15) is 0 Å². The average molecular weight is 552 g/mol. The van der Waals surface area contributed by atoms with Crippen molar-refractivity contribution >= 4 is 5.69 Å². The fraction of sp³-hybridized carbons (Fsp3) is 0.706. The summed E-state index contributed by atoms with van der Waals surface area (Å²) in [5.74, 6) is 0.838. The predicted octanol–water partition coefficient (Wildman–Crippen LogP) is 6.83. The number of nitrogens with one attached hydrogen (secondary N) is 2. The first kappa shape index (κ1) is 32.3. The van der Waals surface area contributed by atoms with Gasteiger partial charge in [0.05, 0.1) is 18.1 Å². The number of hydrogen-bond donors (Lipinski definition) is 2. The van der Waals surface area contributed by atoms with E-state index in [0.717, 1.165) is 56.8 Å². The van der Waals surface area contributed by atoms with Crippen molar-refractivity contribution in [3.05, 3.63) is 48.0 Å². The van der Waals surface area contributed by atoms with E-state index < -0.39 is 0 Å². The number of hydrogen-bond acceptors (Lipinski definition) is 6. The van der Waals surface area contributed by atoms with Crippen LogP contribution in [0.1, 0.15) is 99.9 Å².